The van der Waals surface area contributed by atoms with Crippen LogP contribution in [0.2, 0.25) is 0 Å². The van der Waals surface area contributed by atoms with Crippen LogP contribution in [0, 0.1) is 6.92 Å². The quantitative estimate of drug-likeness (QED) is 0.363. The Hall–Kier alpha value is -4.06. The average molecular weight is 429 g/mol. The Kier molecular flexibility index (Phi) is 5.69. The van der Waals surface area contributed by atoms with Crippen LogP contribution in [0.3, 0.4) is 0 Å². The second kappa shape index (κ2) is 8.59. The number of Topliss-reactive ketones (excluding diaryl/α,β-unsaturated/α-hetero) is 1. The van der Waals surface area contributed by atoms with Crippen LogP contribution in [0.15, 0.2) is 78.4 Å². The summed E-state index contributed by atoms with van der Waals surface area (Å²) in [4.78, 5) is 27.8. The number of nitrogens with zero attached hydrogens (tertiary/aromatic N) is 1. The SMILES string of the molecule is COc1ccc(C2/C(=C(/O)c3ccccc3)C(=O)C(=O)N2c2cccc(C)c2)cc1OC. The van der Waals surface area contributed by atoms with Crippen LogP contribution >= 0.6 is 0 Å². The van der Waals surface area contributed by atoms with Crippen LogP contribution in [0.5, 0.6) is 11.5 Å². The Balaban J connectivity index is 1.97. The number of amides is 1. The third-order valence-corrected chi connectivity index (χ3v) is 5.49. The van der Waals surface area contributed by atoms with E-state index in [0.29, 0.717) is 28.3 Å². The molecule has 162 valence electrons. The molecule has 32 heavy (non-hydrogen) atoms. The van der Waals surface area contributed by atoms with Gasteiger partial charge < -0.3 is 14.6 Å². The lowest BCUT2D eigenvalue weighted by atomic mass is 9.94. The largest absolute Gasteiger partial charge is 0.507 e. The predicted molar refractivity (Wildman–Crippen MR) is 122 cm³/mol. The molecule has 0 spiro atoms. The maximum Gasteiger partial charge on any atom is 0.300 e. The molecule has 0 saturated carbocycles. The molecule has 1 saturated heterocycles. The maximum absolute atomic E-state index is 13.2. The molecule has 0 aliphatic carbocycles. The maximum atomic E-state index is 13.2. The first-order valence-corrected chi connectivity index (χ1v) is 10.1. The first-order chi connectivity index (χ1) is 15.5. The Morgan fingerprint density at radius 3 is 2.25 bits per heavy atom. The van der Waals surface area contributed by atoms with E-state index in [0.717, 1.165) is 5.56 Å². The third kappa shape index (κ3) is 3.60. The predicted octanol–water partition coefficient (Wildman–Crippen LogP) is 4.64. The van der Waals surface area contributed by atoms with E-state index in [1.54, 1.807) is 48.5 Å². The molecule has 1 fully saturated rings. The number of benzene rings is 3. The lowest BCUT2D eigenvalue weighted by Crippen LogP contribution is -2.29. The molecule has 6 heteroatoms. The Labute approximate surface area is 186 Å². The van der Waals surface area contributed by atoms with Crippen molar-refractivity contribution in [1.29, 1.82) is 0 Å². The molecule has 3 aromatic carbocycles. The lowest BCUT2D eigenvalue weighted by molar-refractivity contribution is -0.132. The van der Waals surface area contributed by atoms with Gasteiger partial charge in [0.2, 0.25) is 0 Å². The van der Waals surface area contributed by atoms with Gasteiger partial charge in [-0.3, -0.25) is 14.5 Å². The van der Waals surface area contributed by atoms with Gasteiger partial charge in [-0.2, -0.15) is 0 Å². The number of anilines is 1. The van der Waals surface area contributed by atoms with Gasteiger partial charge in [-0.15, -0.1) is 0 Å². The number of ether oxygens (including phenoxy) is 2. The molecule has 1 atom stereocenters. The summed E-state index contributed by atoms with van der Waals surface area (Å²) in [6, 6.07) is 20.4. The zero-order valence-electron chi connectivity index (χ0n) is 18.0. The first-order valence-electron chi connectivity index (χ1n) is 10.1. The lowest BCUT2D eigenvalue weighted by Gasteiger charge is -2.26. The summed E-state index contributed by atoms with van der Waals surface area (Å²) in [5.41, 5.74) is 2.61. The first kappa shape index (κ1) is 21.2. The highest BCUT2D eigenvalue weighted by molar-refractivity contribution is 6.51. The molecule has 0 bridgehead atoms. The second-order valence-electron chi connectivity index (χ2n) is 7.49. The highest BCUT2D eigenvalue weighted by Crippen LogP contribution is 2.44. The molecule has 6 nitrogen and oxygen atoms in total. The number of aryl methyl sites for hydroxylation is 1. The Bertz CT molecular complexity index is 1220. The van der Waals surface area contributed by atoms with Gasteiger partial charge in [0.05, 0.1) is 25.8 Å². The summed E-state index contributed by atoms with van der Waals surface area (Å²) in [6.07, 6.45) is 0. The summed E-state index contributed by atoms with van der Waals surface area (Å²) in [5.74, 6) is -0.689. The van der Waals surface area contributed by atoms with Crippen molar-refractivity contribution in [3.63, 3.8) is 0 Å². The number of carbonyl (C=O) groups is 2. The number of ketones is 1. The minimum atomic E-state index is -0.836. The normalized spacial score (nSPS) is 17.5. The van der Waals surface area contributed by atoms with Crippen molar-refractivity contribution in [1.82, 2.24) is 0 Å². The molecule has 1 aliphatic heterocycles. The number of carbonyl (C=O) groups excluding carboxylic acids is 2. The van der Waals surface area contributed by atoms with Crippen molar-refractivity contribution < 1.29 is 24.2 Å². The topological polar surface area (TPSA) is 76.1 Å². The van der Waals surface area contributed by atoms with E-state index in [4.69, 9.17) is 9.47 Å². The summed E-state index contributed by atoms with van der Waals surface area (Å²) < 4.78 is 10.8. The summed E-state index contributed by atoms with van der Waals surface area (Å²) in [5, 5.41) is 11.1. The van der Waals surface area contributed by atoms with Crippen LogP contribution in [0.25, 0.3) is 5.76 Å². The minimum Gasteiger partial charge on any atom is -0.507 e. The fourth-order valence-corrected chi connectivity index (χ4v) is 3.97. The molecule has 1 aliphatic rings. The molecule has 1 unspecified atom stereocenters. The van der Waals surface area contributed by atoms with E-state index in [1.807, 2.05) is 31.2 Å². The van der Waals surface area contributed by atoms with Gasteiger partial charge in [-0.1, -0.05) is 48.5 Å². The zero-order chi connectivity index (χ0) is 22.8. The third-order valence-electron chi connectivity index (χ3n) is 5.49. The van der Waals surface area contributed by atoms with Crippen molar-refractivity contribution in [2.75, 3.05) is 19.1 Å². The molecule has 0 aromatic heterocycles. The van der Waals surface area contributed by atoms with Crippen LogP contribution in [-0.4, -0.2) is 31.0 Å². The Morgan fingerprint density at radius 1 is 0.875 bits per heavy atom. The molecular formula is C26H23NO5. The number of aliphatic hydroxyl groups excluding tert-OH is 1. The van der Waals surface area contributed by atoms with Gasteiger partial charge in [0.15, 0.2) is 11.5 Å². The average Bonchev–Trinajstić information content (AvgIpc) is 3.09. The van der Waals surface area contributed by atoms with Crippen LogP contribution in [0.1, 0.15) is 22.7 Å². The smallest absolute Gasteiger partial charge is 0.300 e. The zero-order valence-corrected chi connectivity index (χ0v) is 18.0. The van der Waals surface area contributed by atoms with Gasteiger partial charge in [0.25, 0.3) is 11.7 Å². The highest BCUT2D eigenvalue weighted by atomic mass is 16.5. The van der Waals surface area contributed by atoms with Crippen molar-refractivity contribution in [2.24, 2.45) is 0 Å². The summed E-state index contributed by atoms with van der Waals surface area (Å²) in [6.45, 7) is 1.91. The number of hydrogen-bond donors (Lipinski definition) is 1. The van der Waals surface area contributed by atoms with Gasteiger partial charge in [0.1, 0.15) is 5.76 Å². The summed E-state index contributed by atoms with van der Waals surface area (Å²) >= 11 is 0. The van der Waals surface area contributed by atoms with Crippen molar-refractivity contribution >= 4 is 23.1 Å². The van der Waals surface area contributed by atoms with E-state index in [2.05, 4.69) is 0 Å². The van der Waals surface area contributed by atoms with Gasteiger partial charge in [-0.25, -0.2) is 0 Å². The van der Waals surface area contributed by atoms with Crippen LogP contribution in [-0.2, 0) is 9.59 Å². The minimum absolute atomic E-state index is 0.0231. The number of rotatable bonds is 5. The molecule has 4 rings (SSSR count). The number of methoxy groups -OCH3 is 2. The van der Waals surface area contributed by atoms with Crippen LogP contribution in [0.4, 0.5) is 5.69 Å². The highest BCUT2D eigenvalue weighted by Gasteiger charge is 2.47. The van der Waals surface area contributed by atoms with E-state index >= 15 is 0 Å². The van der Waals surface area contributed by atoms with E-state index < -0.39 is 17.7 Å². The van der Waals surface area contributed by atoms with Crippen molar-refractivity contribution in [2.45, 2.75) is 13.0 Å². The standard InChI is InChI=1S/C26H23NO5/c1-16-8-7-11-19(14-16)27-23(18-12-13-20(31-2)21(15-18)32-3)22(25(29)26(27)30)24(28)17-9-5-4-6-10-17/h4-15,23,28H,1-3H3/b24-22-. The van der Waals surface area contributed by atoms with Gasteiger partial charge in [-0.05, 0) is 42.3 Å². The van der Waals surface area contributed by atoms with Crippen molar-refractivity contribution in [3.05, 3.63) is 95.1 Å². The number of aliphatic hydroxyl groups is 1. The molecule has 0 radical (unpaired) electrons. The fourth-order valence-electron chi connectivity index (χ4n) is 3.97. The Morgan fingerprint density at radius 2 is 1.59 bits per heavy atom. The molecule has 3 aromatic rings. The molecular weight excluding hydrogens is 406 g/mol. The van der Waals surface area contributed by atoms with E-state index in [-0.39, 0.29) is 11.3 Å². The summed E-state index contributed by atoms with van der Waals surface area (Å²) in [7, 11) is 3.05. The monoisotopic (exact) mass is 429 g/mol. The second-order valence-corrected chi connectivity index (χ2v) is 7.49. The van der Waals surface area contributed by atoms with Gasteiger partial charge in [0, 0.05) is 11.3 Å². The fraction of sp³-hybridized carbons (Fsp3) is 0.154. The van der Waals surface area contributed by atoms with Crippen LogP contribution < -0.4 is 14.4 Å². The molecule has 1 N–H and O–H groups in total. The van der Waals surface area contributed by atoms with E-state index in [9.17, 15) is 14.7 Å². The molecule has 1 amide bonds. The van der Waals surface area contributed by atoms with E-state index in [1.165, 1.54) is 19.1 Å². The van der Waals surface area contributed by atoms with Crippen molar-refractivity contribution in [3.8, 4) is 11.5 Å². The van der Waals surface area contributed by atoms with Gasteiger partial charge >= 0.3 is 0 Å². The molecule has 1 heterocycles. The number of hydrogen-bond acceptors (Lipinski definition) is 5.